The van der Waals surface area contributed by atoms with E-state index in [2.05, 4.69) is 4.74 Å². The van der Waals surface area contributed by atoms with Crippen molar-refractivity contribution in [3.05, 3.63) is 27.7 Å². The normalized spacial score (nSPS) is 9.93. The van der Waals surface area contributed by atoms with E-state index in [-0.39, 0.29) is 21.1 Å². The first-order valence-electron chi connectivity index (χ1n) is 3.90. The molecule has 15 heavy (non-hydrogen) atoms. The van der Waals surface area contributed by atoms with Gasteiger partial charge in [-0.25, -0.2) is 4.79 Å². The highest BCUT2D eigenvalue weighted by molar-refractivity contribution is 6.59. The van der Waals surface area contributed by atoms with Crippen molar-refractivity contribution in [2.24, 2.45) is 0 Å². The maximum atomic E-state index is 11.2. The number of hydrogen-bond acceptors (Lipinski definition) is 4. The molecular weight excluding hydrogens is 242 g/mol. The molecule has 0 fully saturated rings. The first-order chi connectivity index (χ1) is 6.97. The Kier molecular flexibility index (Phi) is 3.99. The van der Waals surface area contributed by atoms with Crippen molar-refractivity contribution in [1.82, 2.24) is 0 Å². The van der Waals surface area contributed by atoms with Crippen molar-refractivity contribution in [2.45, 2.75) is 0 Å². The van der Waals surface area contributed by atoms with E-state index in [1.54, 1.807) is 0 Å². The highest BCUT2D eigenvalue weighted by Gasteiger charge is 2.19. The fourth-order valence-electron chi connectivity index (χ4n) is 1.02. The minimum atomic E-state index is -1.72. The number of esters is 1. The first-order valence-corrected chi connectivity index (χ1v) is 4.66. The van der Waals surface area contributed by atoms with Gasteiger partial charge in [-0.1, -0.05) is 23.2 Å². The second-order valence-electron chi connectivity index (χ2n) is 2.73. The average molecular weight is 249 g/mol. The molecule has 0 spiro atoms. The lowest BCUT2D eigenvalue weighted by Gasteiger charge is -2.07. The highest BCUT2D eigenvalue weighted by Crippen LogP contribution is 2.25. The predicted molar refractivity (Wildman–Crippen MR) is 57.6 cm³/mol. The van der Waals surface area contributed by atoms with Crippen LogP contribution in [0.15, 0.2) is 12.1 Å². The van der Waals surface area contributed by atoms with E-state index in [0.29, 0.717) is 0 Å². The summed E-state index contributed by atoms with van der Waals surface area (Å²) in [6.07, 6.45) is 0. The summed E-state index contributed by atoms with van der Waals surface area (Å²) in [6, 6.07) is 2.48. The molecule has 0 unspecified atom stereocenters. The summed E-state index contributed by atoms with van der Waals surface area (Å²) in [5, 5.41) is 17.9. The van der Waals surface area contributed by atoms with Crippen LogP contribution in [0.2, 0.25) is 10.0 Å². The predicted octanol–water partition coefficient (Wildman–Crippen LogP) is 0.460. The zero-order valence-electron chi connectivity index (χ0n) is 7.70. The van der Waals surface area contributed by atoms with E-state index in [1.807, 2.05) is 0 Å². The Morgan fingerprint density at radius 1 is 1.40 bits per heavy atom. The molecule has 0 amide bonds. The van der Waals surface area contributed by atoms with E-state index in [0.717, 1.165) is 0 Å². The van der Waals surface area contributed by atoms with Crippen LogP contribution < -0.4 is 5.46 Å². The van der Waals surface area contributed by atoms with E-state index >= 15 is 0 Å². The van der Waals surface area contributed by atoms with Crippen molar-refractivity contribution in [3.8, 4) is 0 Å². The van der Waals surface area contributed by atoms with Crippen LogP contribution in [0.1, 0.15) is 10.4 Å². The molecule has 0 saturated heterocycles. The lowest BCUT2D eigenvalue weighted by molar-refractivity contribution is 0.0601. The Bertz CT molecular complexity index is 394. The zero-order chi connectivity index (χ0) is 11.6. The fourth-order valence-corrected chi connectivity index (χ4v) is 1.43. The summed E-state index contributed by atoms with van der Waals surface area (Å²) in [5.74, 6) is -0.690. The van der Waals surface area contributed by atoms with E-state index < -0.39 is 13.1 Å². The van der Waals surface area contributed by atoms with Crippen LogP contribution in [0.3, 0.4) is 0 Å². The summed E-state index contributed by atoms with van der Waals surface area (Å²) < 4.78 is 4.46. The van der Waals surface area contributed by atoms with Crippen molar-refractivity contribution in [2.75, 3.05) is 7.11 Å². The Balaban J connectivity index is 3.31. The Labute approximate surface area is 96.5 Å². The van der Waals surface area contributed by atoms with Gasteiger partial charge in [0.15, 0.2) is 0 Å². The third-order valence-electron chi connectivity index (χ3n) is 1.75. The molecule has 1 aromatic carbocycles. The molecule has 1 rings (SSSR count). The van der Waals surface area contributed by atoms with Crippen molar-refractivity contribution in [1.29, 1.82) is 0 Å². The molecule has 7 heteroatoms. The third kappa shape index (κ3) is 2.63. The maximum Gasteiger partial charge on any atom is 0.488 e. The molecule has 4 nitrogen and oxygen atoms in total. The Morgan fingerprint density at radius 3 is 2.47 bits per heavy atom. The summed E-state index contributed by atoms with van der Waals surface area (Å²) in [7, 11) is -0.530. The molecule has 80 valence electrons. The number of halogens is 2. The van der Waals surface area contributed by atoms with Crippen LogP contribution in [-0.2, 0) is 4.74 Å². The van der Waals surface area contributed by atoms with Gasteiger partial charge in [-0.05, 0) is 17.6 Å². The Morgan fingerprint density at radius 2 is 2.00 bits per heavy atom. The SMILES string of the molecule is COC(=O)c1cc(B(O)O)cc(Cl)c1Cl. The second kappa shape index (κ2) is 4.85. The van der Waals surface area contributed by atoms with E-state index in [1.165, 1.54) is 19.2 Å². The summed E-state index contributed by atoms with van der Waals surface area (Å²) in [6.45, 7) is 0. The highest BCUT2D eigenvalue weighted by atomic mass is 35.5. The van der Waals surface area contributed by atoms with Crippen LogP contribution in [0, 0.1) is 0 Å². The van der Waals surface area contributed by atoms with Crippen LogP contribution in [0.5, 0.6) is 0 Å². The molecule has 0 aliphatic heterocycles. The average Bonchev–Trinajstić information content (AvgIpc) is 2.20. The molecule has 0 aromatic heterocycles. The molecular formula is C8H7BCl2O4. The third-order valence-corrected chi connectivity index (χ3v) is 2.56. The molecule has 0 aliphatic carbocycles. The van der Waals surface area contributed by atoms with Gasteiger partial charge >= 0.3 is 13.1 Å². The standard InChI is InChI=1S/C8H7BCl2O4/c1-15-8(12)5-2-4(9(13)14)3-6(10)7(5)11/h2-3,13-14H,1H3. The van der Waals surface area contributed by atoms with Gasteiger partial charge in [-0.2, -0.15) is 0 Å². The number of carbonyl (C=O) groups excluding carboxylic acids is 1. The molecule has 0 aliphatic rings. The van der Waals surface area contributed by atoms with E-state index in [9.17, 15) is 4.79 Å². The number of methoxy groups -OCH3 is 1. The lowest BCUT2D eigenvalue weighted by atomic mass is 9.79. The van der Waals surface area contributed by atoms with Crippen molar-refractivity contribution >= 4 is 41.8 Å². The summed E-state index contributed by atoms with van der Waals surface area (Å²) in [5.41, 5.74) is 0.0690. The summed E-state index contributed by atoms with van der Waals surface area (Å²) in [4.78, 5) is 11.2. The zero-order valence-corrected chi connectivity index (χ0v) is 9.21. The number of rotatable bonds is 2. The molecule has 2 N–H and O–H groups in total. The minimum absolute atomic E-state index is 0.00485. The van der Waals surface area contributed by atoms with Crippen LogP contribution in [0.4, 0.5) is 0 Å². The number of hydrogen-bond donors (Lipinski definition) is 2. The minimum Gasteiger partial charge on any atom is -0.465 e. The smallest absolute Gasteiger partial charge is 0.465 e. The largest absolute Gasteiger partial charge is 0.488 e. The number of ether oxygens (including phenoxy) is 1. The molecule has 0 heterocycles. The fraction of sp³-hybridized carbons (Fsp3) is 0.125. The monoisotopic (exact) mass is 248 g/mol. The van der Waals surface area contributed by atoms with Crippen LogP contribution in [-0.4, -0.2) is 30.2 Å². The number of carbonyl (C=O) groups is 1. The molecule has 0 atom stereocenters. The quantitative estimate of drug-likeness (QED) is 0.590. The number of benzene rings is 1. The second-order valence-corrected chi connectivity index (χ2v) is 3.51. The topological polar surface area (TPSA) is 66.8 Å². The van der Waals surface area contributed by atoms with Gasteiger partial charge in [0.2, 0.25) is 0 Å². The first kappa shape index (κ1) is 12.3. The molecule has 0 radical (unpaired) electrons. The van der Waals surface area contributed by atoms with Gasteiger partial charge in [-0.3, -0.25) is 0 Å². The Hall–Kier alpha value is -0.745. The van der Waals surface area contributed by atoms with Gasteiger partial charge in [-0.15, -0.1) is 0 Å². The summed E-state index contributed by atoms with van der Waals surface area (Å²) >= 11 is 11.4. The van der Waals surface area contributed by atoms with Gasteiger partial charge in [0.05, 0.1) is 22.7 Å². The van der Waals surface area contributed by atoms with E-state index in [4.69, 9.17) is 33.2 Å². The maximum absolute atomic E-state index is 11.2. The molecule has 1 aromatic rings. The van der Waals surface area contributed by atoms with Crippen LogP contribution >= 0.6 is 23.2 Å². The van der Waals surface area contributed by atoms with Gasteiger partial charge < -0.3 is 14.8 Å². The van der Waals surface area contributed by atoms with Crippen molar-refractivity contribution < 1.29 is 19.6 Å². The van der Waals surface area contributed by atoms with Crippen LogP contribution in [0.25, 0.3) is 0 Å². The molecule has 0 saturated carbocycles. The van der Waals surface area contributed by atoms with Gasteiger partial charge in [0, 0.05) is 0 Å². The molecule has 0 bridgehead atoms. The lowest BCUT2D eigenvalue weighted by Crippen LogP contribution is -2.30. The van der Waals surface area contributed by atoms with Gasteiger partial charge in [0.1, 0.15) is 0 Å². The van der Waals surface area contributed by atoms with Crippen molar-refractivity contribution in [3.63, 3.8) is 0 Å². The van der Waals surface area contributed by atoms with Gasteiger partial charge in [0.25, 0.3) is 0 Å².